The van der Waals surface area contributed by atoms with Crippen LogP contribution in [0.15, 0.2) is 30.3 Å². The molecule has 0 saturated carbocycles. The number of benzene rings is 1. The maximum absolute atomic E-state index is 12.4. The Morgan fingerprint density at radius 3 is 2.54 bits per heavy atom. The van der Waals surface area contributed by atoms with Crippen molar-refractivity contribution >= 4 is 5.97 Å². The van der Waals surface area contributed by atoms with Gasteiger partial charge < -0.3 is 32.4 Å². The summed E-state index contributed by atoms with van der Waals surface area (Å²) in [6.07, 6.45) is -5.22. The summed E-state index contributed by atoms with van der Waals surface area (Å²) in [5.74, 6) is 0.210. The van der Waals surface area contributed by atoms with Crippen molar-refractivity contribution in [1.82, 2.24) is 0 Å². The van der Waals surface area contributed by atoms with E-state index in [-0.39, 0.29) is 25.4 Å². The first-order valence-corrected chi connectivity index (χ1v) is 9.20. The number of ether oxygens (including phenoxy) is 3. The third-order valence-corrected chi connectivity index (χ3v) is 4.45. The van der Waals surface area contributed by atoms with E-state index in [4.69, 9.17) is 14.2 Å². The lowest BCUT2D eigenvalue weighted by molar-refractivity contribution is -0.410. The van der Waals surface area contributed by atoms with Gasteiger partial charge in [-0.05, 0) is 38.3 Å². The highest BCUT2D eigenvalue weighted by atomic mass is 35.5. The van der Waals surface area contributed by atoms with Gasteiger partial charge in [-0.3, -0.25) is 0 Å². The summed E-state index contributed by atoms with van der Waals surface area (Å²) < 4.78 is 54.3. The van der Waals surface area contributed by atoms with Gasteiger partial charge >= 0.3 is 12.1 Å². The summed E-state index contributed by atoms with van der Waals surface area (Å²) in [7, 11) is 0. The highest BCUT2D eigenvalue weighted by Gasteiger charge is 2.36. The number of carbonyl (C=O) groups is 1. The fourth-order valence-corrected chi connectivity index (χ4v) is 3.03. The van der Waals surface area contributed by atoms with E-state index < -0.39 is 42.9 Å². The van der Waals surface area contributed by atoms with Gasteiger partial charge in [-0.15, -0.1) is 0 Å². The SMILES string of the molecule is C[C@@H]1OC(=O)[C@@H]([NH3+])CCC[C@H](Oc2ccccc2)[C@H]1OCCCC(F)(F)F.[Cl-]. The number of hydrogen-bond acceptors (Lipinski definition) is 4. The van der Waals surface area contributed by atoms with Gasteiger partial charge in [0.05, 0.1) is 0 Å². The monoisotopic (exact) mass is 425 g/mol. The van der Waals surface area contributed by atoms with Crippen LogP contribution in [0.25, 0.3) is 0 Å². The molecule has 0 unspecified atom stereocenters. The Hall–Kier alpha value is -1.51. The fraction of sp³-hybridized carbons (Fsp3) is 0.632. The van der Waals surface area contributed by atoms with Crippen molar-refractivity contribution in [3.63, 3.8) is 0 Å². The molecule has 9 heteroatoms. The van der Waals surface area contributed by atoms with Crippen LogP contribution in [0.3, 0.4) is 0 Å². The molecular formula is C19H27ClF3NO4. The first-order valence-electron chi connectivity index (χ1n) is 9.20. The summed E-state index contributed by atoms with van der Waals surface area (Å²) in [5, 5.41) is 0. The molecule has 0 radical (unpaired) electrons. The molecule has 160 valence electrons. The van der Waals surface area contributed by atoms with Gasteiger partial charge in [0.25, 0.3) is 0 Å². The largest absolute Gasteiger partial charge is 1.00 e. The number of alkyl halides is 3. The summed E-state index contributed by atoms with van der Waals surface area (Å²) >= 11 is 0. The van der Waals surface area contributed by atoms with Gasteiger partial charge in [-0.2, -0.15) is 13.2 Å². The first kappa shape index (κ1) is 24.5. The van der Waals surface area contributed by atoms with Crippen molar-refractivity contribution in [1.29, 1.82) is 0 Å². The summed E-state index contributed by atoms with van der Waals surface area (Å²) in [4.78, 5) is 12.1. The quantitative estimate of drug-likeness (QED) is 0.510. The topological polar surface area (TPSA) is 72.4 Å². The lowest BCUT2D eigenvalue weighted by atomic mass is 10.0. The normalized spacial score (nSPS) is 26.2. The average molecular weight is 426 g/mol. The van der Waals surface area contributed by atoms with Gasteiger partial charge in [0.2, 0.25) is 0 Å². The molecule has 1 saturated heterocycles. The molecule has 0 amide bonds. The van der Waals surface area contributed by atoms with Crippen LogP contribution in [-0.2, 0) is 14.3 Å². The van der Waals surface area contributed by atoms with Gasteiger partial charge in [-0.25, -0.2) is 4.79 Å². The third kappa shape index (κ3) is 8.24. The van der Waals surface area contributed by atoms with E-state index in [9.17, 15) is 18.0 Å². The Morgan fingerprint density at radius 2 is 1.89 bits per heavy atom. The van der Waals surface area contributed by atoms with Crippen molar-refractivity contribution in [3.8, 4) is 5.75 Å². The Kier molecular flexibility index (Phi) is 10.1. The zero-order valence-corrected chi connectivity index (χ0v) is 16.5. The molecule has 1 aromatic rings. The molecule has 1 fully saturated rings. The molecule has 0 spiro atoms. The van der Waals surface area contributed by atoms with E-state index in [1.165, 1.54) is 0 Å². The molecule has 4 atom stereocenters. The molecule has 0 aromatic heterocycles. The lowest BCUT2D eigenvalue weighted by Gasteiger charge is -2.31. The molecule has 1 heterocycles. The minimum atomic E-state index is -4.22. The van der Waals surface area contributed by atoms with Gasteiger partial charge in [0.15, 0.2) is 6.04 Å². The van der Waals surface area contributed by atoms with Crippen molar-refractivity contribution in [2.75, 3.05) is 6.61 Å². The minimum absolute atomic E-state index is 0. The lowest BCUT2D eigenvalue weighted by Crippen LogP contribution is -3.00. The van der Waals surface area contributed by atoms with Crippen LogP contribution >= 0.6 is 0 Å². The molecule has 1 aromatic carbocycles. The van der Waals surface area contributed by atoms with E-state index in [0.29, 0.717) is 25.0 Å². The van der Waals surface area contributed by atoms with Crippen LogP contribution in [0.4, 0.5) is 13.2 Å². The number of para-hydroxylation sites is 1. The maximum atomic E-state index is 12.4. The van der Waals surface area contributed by atoms with E-state index in [0.717, 1.165) is 0 Å². The van der Waals surface area contributed by atoms with Gasteiger partial charge in [-0.1, -0.05) is 18.2 Å². The first-order chi connectivity index (χ1) is 12.8. The number of esters is 1. The third-order valence-electron chi connectivity index (χ3n) is 4.45. The van der Waals surface area contributed by atoms with Crippen LogP contribution in [0, 0.1) is 0 Å². The molecule has 5 nitrogen and oxygen atoms in total. The van der Waals surface area contributed by atoms with Crippen molar-refractivity contribution < 1.29 is 50.3 Å². The van der Waals surface area contributed by atoms with Crippen LogP contribution in [0.5, 0.6) is 5.75 Å². The van der Waals surface area contributed by atoms with Crippen molar-refractivity contribution in [3.05, 3.63) is 30.3 Å². The molecule has 2 rings (SSSR count). The Morgan fingerprint density at radius 1 is 1.21 bits per heavy atom. The number of quaternary nitrogens is 1. The van der Waals surface area contributed by atoms with Crippen molar-refractivity contribution in [2.24, 2.45) is 0 Å². The number of halogens is 4. The van der Waals surface area contributed by atoms with Crippen molar-refractivity contribution in [2.45, 2.75) is 69.6 Å². The van der Waals surface area contributed by atoms with E-state index in [1.54, 1.807) is 19.1 Å². The Balaban J connectivity index is 0.00000392. The summed E-state index contributed by atoms with van der Waals surface area (Å²) in [6, 6.07) is 8.65. The maximum Gasteiger partial charge on any atom is 0.389 e. The number of rotatable bonds is 6. The molecule has 0 aliphatic carbocycles. The number of cyclic esters (lactones) is 1. The zero-order chi connectivity index (χ0) is 19.9. The predicted octanol–water partition coefficient (Wildman–Crippen LogP) is -0.108. The van der Waals surface area contributed by atoms with E-state index >= 15 is 0 Å². The fourth-order valence-electron chi connectivity index (χ4n) is 3.03. The number of hydrogen-bond donors (Lipinski definition) is 1. The molecule has 0 bridgehead atoms. The second-order valence-electron chi connectivity index (χ2n) is 6.79. The number of carbonyl (C=O) groups excluding carboxylic acids is 1. The second kappa shape index (κ2) is 11.5. The average Bonchev–Trinajstić information content (AvgIpc) is 2.64. The van der Waals surface area contributed by atoms with Crippen LogP contribution in [-0.4, -0.2) is 43.1 Å². The smallest absolute Gasteiger partial charge is 0.389 e. The van der Waals surface area contributed by atoms with E-state index in [2.05, 4.69) is 5.73 Å². The summed E-state index contributed by atoms with van der Waals surface area (Å²) in [6.45, 7) is 1.58. The van der Waals surface area contributed by atoms with Crippen LogP contribution in [0.2, 0.25) is 0 Å². The van der Waals surface area contributed by atoms with Crippen LogP contribution in [0.1, 0.15) is 39.0 Å². The second-order valence-corrected chi connectivity index (χ2v) is 6.79. The Labute approximate surface area is 169 Å². The predicted molar refractivity (Wildman–Crippen MR) is 92.0 cm³/mol. The highest BCUT2D eigenvalue weighted by Crippen LogP contribution is 2.25. The highest BCUT2D eigenvalue weighted by molar-refractivity contribution is 5.74. The zero-order valence-electron chi connectivity index (χ0n) is 15.8. The molecular weight excluding hydrogens is 399 g/mol. The molecule has 1 aliphatic rings. The van der Waals surface area contributed by atoms with Gasteiger partial charge in [0.1, 0.15) is 24.1 Å². The molecule has 1 aliphatic heterocycles. The summed E-state index contributed by atoms with van der Waals surface area (Å²) in [5.41, 5.74) is 3.81. The minimum Gasteiger partial charge on any atom is -1.00 e. The van der Waals surface area contributed by atoms with Crippen LogP contribution < -0.4 is 22.9 Å². The standard InChI is InChI=1S/C19H26F3NO4.ClH/c1-13-17(25-12-6-11-19(20,21)22)16(27-14-7-3-2-4-8-14)10-5-9-15(23)18(24)26-13;/h2-4,7-8,13,15-17H,5-6,9-12,23H2,1H3;1H/t13-,15-,16-,17-;/m0./s1. The molecule has 28 heavy (non-hydrogen) atoms. The van der Waals surface area contributed by atoms with E-state index in [1.807, 2.05) is 18.2 Å². The molecule has 3 N–H and O–H groups in total. The van der Waals surface area contributed by atoms with Gasteiger partial charge in [0, 0.05) is 19.4 Å². The Bertz CT molecular complexity index is 588.